The summed E-state index contributed by atoms with van der Waals surface area (Å²) in [6.45, 7) is 0.0879. The van der Waals surface area contributed by atoms with Crippen LogP contribution >= 0.6 is 22.6 Å². The molecule has 0 atom stereocenters. The maximum absolute atomic E-state index is 12.8. The Bertz CT molecular complexity index is 937. The number of hydrogen-bond acceptors (Lipinski definition) is 3. The van der Waals surface area contributed by atoms with Crippen LogP contribution in [0, 0.1) is 13.8 Å². The van der Waals surface area contributed by atoms with Gasteiger partial charge in [-0.05, 0) is 46.4 Å². The first-order valence-corrected chi connectivity index (χ1v) is 7.81. The van der Waals surface area contributed by atoms with Crippen molar-refractivity contribution in [3.63, 3.8) is 0 Å². The third-order valence-electron chi connectivity index (χ3n) is 3.50. The molecule has 9 heteroatoms. The predicted molar refractivity (Wildman–Crippen MR) is 89.7 cm³/mol. The molecule has 24 heavy (non-hydrogen) atoms. The largest absolute Gasteiger partial charge is 0.416 e. The molecule has 3 aromatic rings. The van der Waals surface area contributed by atoms with Crippen molar-refractivity contribution in [3.8, 4) is 0 Å². The minimum absolute atomic E-state index is 0.0767. The summed E-state index contributed by atoms with van der Waals surface area (Å²) in [5.74, 6) is 0. The van der Waals surface area contributed by atoms with Crippen molar-refractivity contribution in [2.45, 2.75) is 12.7 Å². The van der Waals surface area contributed by atoms with E-state index >= 15 is 0 Å². The number of alkyl halides is 3. The first kappa shape index (κ1) is 16.7. The summed E-state index contributed by atoms with van der Waals surface area (Å²) in [6, 6.07) is 9.51. The average Bonchev–Trinajstić information content (AvgIpc) is 2.83. The molecule has 0 aliphatic rings. The molecule has 0 spiro atoms. The molecule has 0 unspecified atom stereocenters. The first-order chi connectivity index (χ1) is 11.3. The Morgan fingerprint density at radius 1 is 1.21 bits per heavy atom. The topological polar surface area (TPSA) is 61.0 Å². The number of nitro groups is 1. The van der Waals surface area contributed by atoms with Crippen LogP contribution in [0.3, 0.4) is 0 Å². The van der Waals surface area contributed by atoms with E-state index in [1.54, 1.807) is 12.1 Å². The number of fused-ring (bicyclic) bond motifs is 1. The monoisotopic (exact) mass is 447 g/mol. The standard InChI is InChI=1S/C15H9F3IN3O2/c16-15(17,18)10-4-1-3-9(7-10)8-21-11-5-2-6-12(22(23)24)13(11)14(19)20-21/h1-7H,8H2. The number of halogens is 4. The normalized spacial score (nSPS) is 11.8. The summed E-state index contributed by atoms with van der Waals surface area (Å²) < 4.78 is 40.3. The molecule has 1 aromatic heterocycles. The third-order valence-corrected chi connectivity index (χ3v) is 4.25. The minimum atomic E-state index is -4.42. The summed E-state index contributed by atoms with van der Waals surface area (Å²) >= 11 is 1.88. The van der Waals surface area contributed by atoms with Crippen molar-refractivity contribution in [2.24, 2.45) is 0 Å². The minimum Gasteiger partial charge on any atom is -0.259 e. The van der Waals surface area contributed by atoms with Crippen molar-refractivity contribution in [3.05, 3.63) is 67.4 Å². The van der Waals surface area contributed by atoms with Crippen LogP contribution in [0.1, 0.15) is 11.1 Å². The van der Waals surface area contributed by atoms with Crippen LogP contribution in [0.25, 0.3) is 10.9 Å². The van der Waals surface area contributed by atoms with E-state index in [1.165, 1.54) is 22.9 Å². The Hall–Kier alpha value is -2.17. The Balaban J connectivity index is 2.06. The van der Waals surface area contributed by atoms with Gasteiger partial charge in [-0.1, -0.05) is 18.2 Å². The number of rotatable bonds is 3. The fourth-order valence-corrected chi connectivity index (χ4v) is 3.27. The molecular weight excluding hydrogens is 438 g/mol. The second-order valence-electron chi connectivity index (χ2n) is 5.07. The molecule has 0 N–H and O–H groups in total. The smallest absolute Gasteiger partial charge is 0.259 e. The quantitative estimate of drug-likeness (QED) is 0.335. The number of nitro benzene ring substituents is 1. The summed E-state index contributed by atoms with van der Waals surface area (Å²) in [4.78, 5) is 10.6. The van der Waals surface area contributed by atoms with Crippen LogP contribution in [0.2, 0.25) is 0 Å². The van der Waals surface area contributed by atoms with Crippen molar-refractivity contribution in [1.82, 2.24) is 9.78 Å². The SMILES string of the molecule is O=[N+]([O-])c1cccc2c1c(I)nn2Cc1cccc(C(F)(F)F)c1. The van der Waals surface area contributed by atoms with Gasteiger partial charge in [-0.25, -0.2) is 0 Å². The molecule has 0 amide bonds. The van der Waals surface area contributed by atoms with Crippen molar-refractivity contribution >= 4 is 39.2 Å². The van der Waals surface area contributed by atoms with E-state index in [0.29, 0.717) is 20.2 Å². The summed E-state index contributed by atoms with van der Waals surface area (Å²) in [6.07, 6.45) is -4.42. The highest BCUT2D eigenvalue weighted by Crippen LogP contribution is 2.32. The van der Waals surface area contributed by atoms with E-state index in [4.69, 9.17) is 0 Å². The Labute approximate surface area is 147 Å². The lowest BCUT2D eigenvalue weighted by Crippen LogP contribution is -2.07. The molecule has 5 nitrogen and oxygen atoms in total. The highest BCUT2D eigenvalue weighted by Gasteiger charge is 2.30. The average molecular weight is 447 g/mol. The fourth-order valence-electron chi connectivity index (χ4n) is 2.46. The van der Waals surface area contributed by atoms with Crippen molar-refractivity contribution in [2.75, 3.05) is 0 Å². The first-order valence-electron chi connectivity index (χ1n) is 6.73. The van der Waals surface area contributed by atoms with Crippen LogP contribution in [-0.2, 0) is 12.7 Å². The van der Waals surface area contributed by atoms with Crippen LogP contribution in [0.4, 0.5) is 18.9 Å². The second kappa shape index (κ2) is 6.04. The molecule has 3 rings (SSSR count). The highest BCUT2D eigenvalue weighted by atomic mass is 127. The third kappa shape index (κ3) is 3.07. The van der Waals surface area contributed by atoms with E-state index in [-0.39, 0.29) is 12.2 Å². The number of hydrogen-bond donors (Lipinski definition) is 0. The van der Waals surface area contributed by atoms with Gasteiger partial charge in [0.2, 0.25) is 0 Å². The lowest BCUT2D eigenvalue weighted by Gasteiger charge is -2.09. The van der Waals surface area contributed by atoms with E-state index < -0.39 is 16.7 Å². The van der Waals surface area contributed by atoms with Gasteiger partial charge in [0.05, 0.1) is 22.5 Å². The molecule has 124 valence electrons. The maximum atomic E-state index is 12.8. The van der Waals surface area contributed by atoms with Gasteiger partial charge in [0.15, 0.2) is 0 Å². The van der Waals surface area contributed by atoms with Gasteiger partial charge in [0, 0.05) is 6.07 Å². The van der Waals surface area contributed by atoms with Gasteiger partial charge in [0.25, 0.3) is 5.69 Å². The highest BCUT2D eigenvalue weighted by molar-refractivity contribution is 14.1. The molecule has 0 saturated heterocycles. The zero-order chi connectivity index (χ0) is 17.5. The van der Waals surface area contributed by atoms with Crippen LogP contribution in [0.5, 0.6) is 0 Å². The molecule has 0 fully saturated rings. The Morgan fingerprint density at radius 2 is 1.92 bits per heavy atom. The summed E-state index contributed by atoms with van der Waals surface area (Å²) in [7, 11) is 0. The molecular formula is C15H9F3IN3O2. The van der Waals surface area contributed by atoms with Gasteiger partial charge in [-0.3, -0.25) is 14.8 Å². The molecule has 2 aromatic carbocycles. The summed E-state index contributed by atoms with van der Waals surface area (Å²) in [5, 5.41) is 15.8. The lowest BCUT2D eigenvalue weighted by molar-refractivity contribution is -0.383. The molecule has 0 aliphatic heterocycles. The van der Waals surface area contributed by atoms with Gasteiger partial charge in [0.1, 0.15) is 9.09 Å². The van der Waals surface area contributed by atoms with Gasteiger partial charge >= 0.3 is 6.18 Å². The molecule has 0 saturated carbocycles. The molecule has 1 heterocycles. The van der Waals surface area contributed by atoms with Crippen molar-refractivity contribution in [1.29, 1.82) is 0 Å². The van der Waals surface area contributed by atoms with Gasteiger partial charge in [-0.2, -0.15) is 18.3 Å². The van der Waals surface area contributed by atoms with E-state index in [2.05, 4.69) is 5.10 Å². The van der Waals surface area contributed by atoms with Crippen LogP contribution < -0.4 is 0 Å². The van der Waals surface area contributed by atoms with E-state index in [9.17, 15) is 23.3 Å². The fraction of sp³-hybridized carbons (Fsp3) is 0.133. The summed E-state index contributed by atoms with van der Waals surface area (Å²) in [5.41, 5.74) is 0.104. The number of nitrogens with zero attached hydrogens (tertiary/aromatic N) is 3. The lowest BCUT2D eigenvalue weighted by atomic mass is 10.1. The van der Waals surface area contributed by atoms with E-state index in [1.807, 2.05) is 22.6 Å². The second-order valence-corrected chi connectivity index (χ2v) is 6.10. The van der Waals surface area contributed by atoms with Gasteiger partial charge in [-0.15, -0.1) is 0 Å². The molecule has 0 aliphatic carbocycles. The molecule has 0 bridgehead atoms. The zero-order valence-electron chi connectivity index (χ0n) is 11.9. The predicted octanol–water partition coefficient (Wildman–Crippen LogP) is 4.62. The number of benzene rings is 2. The van der Waals surface area contributed by atoms with Crippen LogP contribution in [-0.4, -0.2) is 14.7 Å². The molecule has 0 radical (unpaired) electrons. The number of non-ortho nitro benzene ring substituents is 1. The van der Waals surface area contributed by atoms with Crippen molar-refractivity contribution < 1.29 is 18.1 Å². The maximum Gasteiger partial charge on any atom is 0.416 e. The number of aromatic nitrogens is 2. The van der Waals surface area contributed by atoms with Crippen LogP contribution in [0.15, 0.2) is 42.5 Å². The van der Waals surface area contributed by atoms with Gasteiger partial charge < -0.3 is 0 Å². The zero-order valence-corrected chi connectivity index (χ0v) is 14.1. The Kier molecular flexibility index (Phi) is 4.20. The Morgan fingerprint density at radius 3 is 2.58 bits per heavy atom. The van der Waals surface area contributed by atoms with E-state index in [0.717, 1.165) is 12.1 Å².